The number of urea groups is 1. The quantitative estimate of drug-likeness (QED) is 0.632. The van der Waals surface area contributed by atoms with E-state index in [0.717, 1.165) is 11.1 Å². The number of anilines is 1. The number of methoxy groups -OCH3 is 2. The van der Waals surface area contributed by atoms with Crippen molar-refractivity contribution in [2.45, 2.75) is 38.9 Å². The second-order valence-electron chi connectivity index (χ2n) is 8.23. The summed E-state index contributed by atoms with van der Waals surface area (Å²) in [6.07, 6.45) is 0.124. The molecule has 3 rings (SSSR count). The van der Waals surface area contributed by atoms with E-state index in [1.165, 1.54) is 0 Å². The Hall–Kier alpha value is -3.42. The van der Waals surface area contributed by atoms with E-state index in [2.05, 4.69) is 0 Å². The Labute approximate surface area is 195 Å². The molecule has 178 valence electrons. The number of amides is 3. The molecule has 0 saturated heterocycles. The molecule has 3 amide bonds. The molecule has 0 N–H and O–H groups in total. The molecule has 0 fully saturated rings. The minimum atomic E-state index is -0.425. The highest BCUT2D eigenvalue weighted by Crippen LogP contribution is 2.46. The first-order chi connectivity index (χ1) is 15.8. The maximum absolute atomic E-state index is 13.3. The fourth-order valence-electron chi connectivity index (χ4n) is 4.27. The van der Waals surface area contributed by atoms with Crippen LogP contribution in [0, 0.1) is 0 Å². The number of carbonyl (C=O) groups excluding carboxylic acids is 2. The van der Waals surface area contributed by atoms with Crippen LogP contribution in [0.4, 0.5) is 15.3 Å². The van der Waals surface area contributed by atoms with Gasteiger partial charge in [0.15, 0.2) is 11.5 Å². The number of hydrogen-bond acceptors (Lipinski definition) is 5. The van der Waals surface area contributed by atoms with Crippen LogP contribution in [0.25, 0.3) is 0 Å². The summed E-state index contributed by atoms with van der Waals surface area (Å²) in [7, 11) is 6.61. The number of hydrogen-bond donors (Lipinski definition) is 0. The van der Waals surface area contributed by atoms with E-state index in [4.69, 9.17) is 14.2 Å². The topological polar surface area (TPSA) is 71.5 Å². The van der Waals surface area contributed by atoms with E-state index >= 15 is 0 Å². The molecular weight excluding hydrogens is 422 g/mol. The zero-order chi connectivity index (χ0) is 24.1. The summed E-state index contributed by atoms with van der Waals surface area (Å²) in [4.78, 5) is 31.3. The largest absolute Gasteiger partial charge is 0.493 e. The van der Waals surface area contributed by atoms with Gasteiger partial charge in [0.2, 0.25) is 0 Å². The molecule has 1 aliphatic heterocycles. The first kappa shape index (κ1) is 24.2. The minimum absolute atomic E-state index is 0.110. The van der Waals surface area contributed by atoms with Gasteiger partial charge in [-0.05, 0) is 31.9 Å². The Balaban J connectivity index is 2.16. The van der Waals surface area contributed by atoms with Crippen molar-refractivity contribution in [2.75, 3.05) is 39.8 Å². The predicted octanol–water partition coefficient (Wildman–Crippen LogP) is 4.68. The van der Waals surface area contributed by atoms with Crippen molar-refractivity contribution in [3.05, 3.63) is 53.6 Å². The van der Waals surface area contributed by atoms with Crippen molar-refractivity contribution in [1.82, 2.24) is 9.80 Å². The van der Waals surface area contributed by atoms with Crippen LogP contribution >= 0.6 is 0 Å². The van der Waals surface area contributed by atoms with Crippen molar-refractivity contribution in [1.29, 1.82) is 0 Å². The number of carbonyl (C=O) groups is 2. The van der Waals surface area contributed by atoms with E-state index in [-0.39, 0.29) is 24.7 Å². The molecule has 1 heterocycles. The Morgan fingerprint density at radius 2 is 1.70 bits per heavy atom. The van der Waals surface area contributed by atoms with E-state index < -0.39 is 6.09 Å². The summed E-state index contributed by atoms with van der Waals surface area (Å²) >= 11 is 0. The van der Waals surface area contributed by atoms with Crippen LogP contribution in [-0.4, -0.2) is 62.9 Å². The highest BCUT2D eigenvalue weighted by molar-refractivity contribution is 5.91. The number of rotatable bonds is 6. The molecule has 0 spiro atoms. The maximum atomic E-state index is 13.3. The second kappa shape index (κ2) is 10.5. The average molecular weight is 456 g/mol. The zero-order valence-corrected chi connectivity index (χ0v) is 20.2. The van der Waals surface area contributed by atoms with E-state index in [1.54, 1.807) is 51.1 Å². The smallest absolute Gasteiger partial charge is 0.414 e. The standard InChI is InChI=1S/C25H33N3O5/c1-7-33-25(30)28-17(2)13-20(19-14-22(31-5)23(32-6)15-21(19)28)27(24(29)26(3)4)16-18-11-9-8-10-12-18/h8-12,14-15,17,20H,7,13,16H2,1-6H3/t17-,20+/m0/s1. The molecule has 0 bridgehead atoms. The lowest BCUT2D eigenvalue weighted by molar-refractivity contribution is 0.132. The van der Waals surface area contributed by atoms with Crippen LogP contribution in [0.15, 0.2) is 42.5 Å². The Bertz CT molecular complexity index is 980. The molecule has 0 unspecified atom stereocenters. The average Bonchev–Trinajstić information content (AvgIpc) is 2.81. The van der Waals surface area contributed by atoms with E-state index in [0.29, 0.717) is 30.2 Å². The Morgan fingerprint density at radius 3 is 2.27 bits per heavy atom. The van der Waals surface area contributed by atoms with Gasteiger partial charge in [0.25, 0.3) is 0 Å². The molecule has 2 aromatic carbocycles. The maximum Gasteiger partial charge on any atom is 0.414 e. The van der Waals surface area contributed by atoms with Crippen LogP contribution < -0.4 is 14.4 Å². The summed E-state index contributed by atoms with van der Waals surface area (Å²) in [5.74, 6) is 1.04. The highest BCUT2D eigenvalue weighted by atomic mass is 16.6. The van der Waals surface area contributed by atoms with E-state index in [9.17, 15) is 9.59 Å². The van der Waals surface area contributed by atoms with Crippen LogP contribution in [0.1, 0.15) is 37.4 Å². The first-order valence-electron chi connectivity index (χ1n) is 11.1. The van der Waals surface area contributed by atoms with Crippen LogP contribution in [0.3, 0.4) is 0 Å². The van der Waals surface area contributed by atoms with Gasteiger partial charge in [0, 0.05) is 38.3 Å². The number of benzene rings is 2. The van der Waals surface area contributed by atoms with Crippen LogP contribution in [0.2, 0.25) is 0 Å². The fraction of sp³-hybridized carbons (Fsp3) is 0.440. The molecule has 0 radical (unpaired) electrons. The molecule has 8 heteroatoms. The Kier molecular flexibility index (Phi) is 7.68. The summed E-state index contributed by atoms with van der Waals surface area (Å²) in [5, 5.41) is 0. The third kappa shape index (κ3) is 4.99. The van der Waals surface area contributed by atoms with Gasteiger partial charge in [-0.15, -0.1) is 0 Å². The number of fused-ring (bicyclic) bond motifs is 1. The van der Waals surface area contributed by atoms with Crippen molar-refractivity contribution < 1.29 is 23.8 Å². The van der Waals surface area contributed by atoms with Gasteiger partial charge in [-0.25, -0.2) is 9.59 Å². The molecule has 33 heavy (non-hydrogen) atoms. The molecule has 0 aliphatic carbocycles. The van der Waals surface area contributed by atoms with Crippen molar-refractivity contribution in [2.24, 2.45) is 0 Å². The minimum Gasteiger partial charge on any atom is -0.493 e. The molecule has 1 aliphatic rings. The second-order valence-corrected chi connectivity index (χ2v) is 8.23. The highest BCUT2D eigenvalue weighted by Gasteiger charge is 2.40. The lowest BCUT2D eigenvalue weighted by Crippen LogP contribution is -2.49. The van der Waals surface area contributed by atoms with Crippen molar-refractivity contribution in [3.63, 3.8) is 0 Å². The third-order valence-corrected chi connectivity index (χ3v) is 5.82. The van der Waals surface area contributed by atoms with Gasteiger partial charge in [-0.3, -0.25) is 4.90 Å². The molecule has 0 saturated carbocycles. The van der Waals surface area contributed by atoms with Crippen molar-refractivity contribution in [3.8, 4) is 11.5 Å². The normalized spacial score (nSPS) is 17.1. The zero-order valence-electron chi connectivity index (χ0n) is 20.2. The lowest BCUT2D eigenvalue weighted by Gasteiger charge is -2.43. The van der Waals surface area contributed by atoms with Crippen LogP contribution in [0.5, 0.6) is 11.5 Å². The third-order valence-electron chi connectivity index (χ3n) is 5.82. The summed E-state index contributed by atoms with van der Waals surface area (Å²) in [5.41, 5.74) is 2.49. The molecule has 2 atom stereocenters. The summed E-state index contributed by atoms with van der Waals surface area (Å²) in [6.45, 7) is 4.45. The van der Waals surface area contributed by atoms with Gasteiger partial charge in [0.1, 0.15) is 0 Å². The summed E-state index contributed by atoms with van der Waals surface area (Å²) < 4.78 is 16.4. The first-order valence-corrected chi connectivity index (χ1v) is 11.1. The van der Waals surface area contributed by atoms with Crippen molar-refractivity contribution >= 4 is 17.8 Å². The molecule has 2 aromatic rings. The fourth-order valence-corrected chi connectivity index (χ4v) is 4.27. The van der Waals surface area contributed by atoms with Gasteiger partial charge < -0.3 is 24.0 Å². The van der Waals surface area contributed by atoms with Gasteiger partial charge in [-0.1, -0.05) is 30.3 Å². The molecule has 8 nitrogen and oxygen atoms in total. The predicted molar refractivity (Wildman–Crippen MR) is 127 cm³/mol. The lowest BCUT2D eigenvalue weighted by atomic mass is 9.90. The molecule has 0 aromatic heterocycles. The van der Waals surface area contributed by atoms with Gasteiger partial charge in [-0.2, -0.15) is 0 Å². The molecular formula is C25H33N3O5. The number of nitrogens with zero attached hydrogens (tertiary/aromatic N) is 3. The monoisotopic (exact) mass is 455 g/mol. The van der Waals surface area contributed by atoms with Gasteiger partial charge in [0.05, 0.1) is 32.6 Å². The van der Waals surface area contributed by atoms with Gasteiger partial charge >= 0.3 is 12.1 Å². The van der Waals surface area contributed by atoms with E-state index in [1.807, 2.05) is 48.2 Å². The summed E-state index contributed by atoms with van der Waals surface area (Å²) in [6, 6.07) is 12.9. The SMILES string of the molecule is CCOC(=O)N1c2cc(OC)c(OC)cc2[C@H](N(Cc2ccccc2)C(=O)N(C)C)C[C@@H]1C. The number of ether oxygens (including phenoxy) is 3. The van der Waals surface area contributed by atoms with Crippen LogP contribution in [-0.2, 0) is 11.3 Å². The Morgan fingerprint density at radius 1 is 1.06 bits per heavy atom.